The molecule has 1 aromatic carbocycles. The fourth-order valence-corrected chi connectivity index (χ4v) is 2.51. The van der Waals surface area contributed by atoms with E-state index in [1.807, 2.05) is 0 Å². The summed E-state index contributed by atoms with van der Waals surface area (Å²) in [6.07, 6.45) is 6.46. The Balaban J connectivity index is 1.88. The molecule has 0 spiro atoms. The fraction of sp³-hybridized carbons (Fsp3) is 0.222. The molecule has 3 rings (SSSR count). The van der Waals surface area contributed by atoms with E-state index in [4.69, 9.17) is 0 Å². The number of esters is 1. The first-order valence-electron chi connectivity index (χ1n) is 8.13. The van der Waals surface area contributed by atoms with Gasteiger partial charge in [0.2, 0.25) is 0 Å². The number of carbonyl (C=O) groups excluding carboxylic acids is 1. The normalized spacial score (nSPS) is 10.6. The Bertz CT molecular complexity index is 918. The Kier molecular flexibility index (Phi) is 5.70. The Labute approximate surface area is 154 Å². The number of ether oxygens (including phenoxy) is 1. The van der Waals surface area contributed by atoms with E-state index in [1.165, 1.54) is 19.5 Å². The van der Waals surface area contributed by atoms with Gasteiger partial charge in [-0.25, -0.2) is 23.7 Å². The van der Waals surface area contributed by atoms with E-state index in [2.05, 4.69) is 19.7 Å². The standard InChI is InChI=1S/C18H17F2N5O2/c1-27-18(26)4-6-24(10-13-2-3-14(19)15(20)8-13)16-9-17(23-11-22-16)25-7-5-21-12-25/h2-3,5,7-9,11-12H,4,6,10H2,1H3. The van der Waals surface area contributed by atoms with E-state index >= 15 is 0 Å². The third-order valence-electron chi connectivity index (χ3n) is 3.90. The molecule has 0 aliphatic heterocycles. The molecule has 0 aliphatic rings. The van der Waals surface area contributed by atoms with Gasteiger partial charge in [-0.05, 0) is 17.7 Å². The molecule has 0 aliphatic carbocycles. The smallest absolute Gasteiger partial charge is 0.307 e. The molecule has 0 unspecified atom stereocenters. The van der Waals surface area contributed by atoms with Gasteiger partial charge in [0, 0.05) is 31.5 Å². The van der Waals surface area contributed by atoms with E-state index in [0.717, 1.165) is 12.1 Å². The van der Waals surface area contributed by atoms with Gasteiger partial charge in [-0.2, -0.15) is 0 Å². The average Bonchev–Trinajstić information content (AvgIpc) is 3.22. The predicted octanol–water partition coefficient (Wildman–Crippen LogP) is 2.51. The van der Waals surface area contributed by atoms with Crippen LogP contribution in [-0.4, -0.2) is 39.1 Å². The molecule has 0 N–H and O–H groups in total. The van der Waals surface area contributed by atoms with E-state index in [1.54, 1.807) is 34.3 Å². The van der Waals surface area contributed by atoms with Gasteiger partial charge >= 0.3 is 5.97 Å². The van der Waals surface area contributed by atoms with Crippen LogP contribution in [0.3, 0.4) is 0 Å². The van der Waals surface area contributed by atoms with E-state index < -0.39 is 11.6 Å². The van der Waals surface area contributed by atoms with Crippen LogP contribution in [0.25, 0.3) is 5.82 Å². The van der Waals surface area contributed by atoms with Gasteiger partial charge in [-0.15, -0.1) is 0 Å². The molecule has 3 aromatic rings. The van der Waals surface area contributed by atoms with E-state index in [-0.39, 0.29) is 25.5 Å². The van der Waals surface area contributed by atoms with Crippen LogP contribution in [0, 0.1) is 11.6 Å². The number of anilines is 1. The third-order valence-corrected chi connectivity index (χ3v) is 3.90. The molecular weight excluding hydrogens is 356 g/mol. The molecule has 27 heavy (non-hydrogen) atoms. The molecule has 2 heterocycles. The van der Waals surface area contributed by atoms with Crippen LogP contribution in [0.1, 0.15) is 12.0 Å². The number of nitrogens with zero attached hydrogens (tertiary/aromatic N) is 5. The first kappa shape index (κ1) is 18.4. The quantitative estimate of drug-likeness (QED) is 0.593. The largest absolute Gasteiger partial charge is 0.469 e. The Hall–Kier alpha value is -3.36. The minimum atomic E-state index is -0.929. The molecule has 0 saturated carbocycles. The van der Waals surface area contributed by atoms with Gasteiger partial charge in [0.1, 0.15) is 24.3 Å². The Morgan fingerprint density at radius 1 is 1.22 bits per heavy atom. The van der Waals surface area contributed by atoms with Crippen LogP contribution in [0.2, 0.25) is 0 Å². The Morgan fingerprint density at radius 3 is 2.78 bits per heavy atom. The van der Waals surface area contributed by atoms with Crippen LogP contribution in [-0.2, 0) is 16.1 Å². The molecule has 7 nitrogen and oxygen atoms in total. The topological polar surface area (TPSA) is 73.1 Å². The lowest BCUT2D eigenvalue weighted by molar-refractivity contribution is -0.140. The first-order chi connectivity index (χ1) is 13.1. The predicted molar refractivity (Wildman–Crippen MR) is 93.2 cm³/mol. The van der Waals surface area contributed by atoms with Crippen molar-refractivity contribution in [3.63, 3.8) is 0 Å². The van der Waals surface area contributed by atoms with Crippen molar-refractivity contribution < 1.29 is 18.3 Å². The van der Waals surface area contributed by atoms with Crippen molar-refractivity contribution in [2.24, 2.45) is 0 Å². The van der Waals surface area contributed by atoms with Gasteiger partial charge in [-0.1, -0.05) is 6.07 Å². The second kappa shape index (κ2) is 8.35. The fourth-order valence-electron chi connectivity index (χ4n) is 2.51. The van der Waals surface area contributed by atoms with E-state index in [9.17, 15) is 13.6 Å². The van der Waals surface area contributed by atoms with Crippen molar-refractivity contribution in [2.75, 3.05) is 18.6 Å². The Morgan fingerprint density at radius 2 is 2.07 bits per heavy atom. The molecule has 140 valence electrons. The minimum Gasteiger partial charge on any atom is -0.469 e. The van der Waals surface area contributed by atoms with Crippen LogP contribution in [0.15, 0.2) is 49.3 Å². The summed E-state index contributed by atoms with van der Waals surface area (Å²) < 4.78 is 33.1. The molecular formula is C18H17F2N5O2. The second-order valence-electron chi connectivity index (χ2n) is 5.70. The van der Waals surface area contributed by atoms with Gasteiger partial charge in [0.25, 0.3) is 0 Å². The summed E-state index contributed by atoms with van der Waals surface area (Å²) in [7, 11) is 1.31. The average molecular weight is 373 g/mol. The number of rotatable bonds is 7. The number of carbonyl (C=O) groups is 1. The maximum atomic E-state index is 13.5. The van der Waals surface area contributed by atoms with Gasteiger partial charge < -0.3 is 9.64 Å². The van der Waals surface area contributed by atoms with E-state index in [0.29, 0.717) is 17.2 Å². The lowest BCUT2D eigenvalue weighted by Crippen LogP contribution is -2.27. The number of hydrogen-bond acceptors (Lipinski definition) is 6. The zero-order chi connectivity index (χ0) is 19.2. The molecule has 0 radical (unpaired) electrons. The lowest BCUT2D eigenvalue weighted by atomic mass is 10.2. The van der Waals surface area contributed by atoms with Crippen LogP contribution in [0.4, 0.5) is 14.6 Å². The van der Waals surface area contributed by atoms with Crippen molar-refractivity contribution in [3.05, 3.63) is 66.5 Å². The number of halogens is 2. The summed E-state index contributed by atoms with van der Waals surface area (Å²) in [5, 5.41) is 0. The van der Waals surface area contributed by atoms with Crippen molar-refractivity contribution in [1.82, 2.24) is 19.5 Å². The van der Waals surface area contributed by atoms with Gasteiger partial charge in [0.05, 0.1) is 13.5 Å². The summed E-state index contributed by atoms with van der Waals surface area (Å²) in [5.41, 5.74) is 0.543. The first-order valence-corrected chi connectivity index (χ1v) is 8.13. The van der Waals surface area contributed by atoms with Crippen LogP contribution >= 0.6 is 0 Å². The van der Waals surface area contributed by atoms with Crippen molar-refractivity contribution in [1.29, 1.82) is 0 Å². The third kappa shape index (κ3) is 4.63. The highest BCUT2D eigenvalue weighted by Crippen LogP contribution is 2.18. The number of imidazole rings is 1. The maximum Gasteiger partial charge on any atom is 0.307 e. The summed E-state index contributed by atoms with van der Waals surface area (Å²) in [4.78, 5) is 25.7. The minimum absolute atomic E-state index is 0.116. The van der Waals surface area contributed by atoms with Crippen LogP contribution in [0.5, 0.6) is 0 Å². The number of aromatic nitrogens is 4. The monoisotopic (exact) mass is 373 g/mol. The summed E-state index contributed by atoms with van der Waals surface area (Å²) in [5.74, 6) is -1.10. The summed E-state index contributed by atoms with van der Waals surface area (Å²) >= 11 is 0. The molecule has 2 aromatic heterocycles. The van der Waals surface area contributed by atoms with Crippen LogP contribution < -0.4 is 4.90 Å². The van der Waals surface area contributed by atoms with Crippen molar-refractivity contribution >= 4 is 11.8 Å². The zero-order valence-electron chi connectivity index (χ0n) is 14.5. The SMILES string of the molecule is COC(=O)CCN(Cc1ccc(F)c(F)c1)c1cc(-n2ccnc2)ncn1. The van der Waals surface area contributed by atoms with Gasteiger partial charge in [-0.3, -0.25) is 9.36 Å². The molecule has 0 atom stereocenters. The number of benzene rings is 1. The van der Waals surface area contributed by atoms with Gasteiger partial charge in [0.15, 0.2) is 11.6 Å². The maximum absolute atomic E-state index is 13.5. The molecule has 0 amide bonds. The summed E-state index contributed by atoms with van der Waals surface area (Å²) in [6.45, 7) is 0.515. The molecule has 0 saturated heterocycles. The highest BCUT2D eigenvalue weighted by Gasteiger charge is 2.14. The summed E-state index contributed by atoms with van der Waals surface area (Å²) in [6, 6.07) is 5.40. The lowest BCUT2D eigenvalue weighted by Gasteiger charge is -2.23. The van der Waals surface area contributed by atoms with Crippen molar-refractivity contribution in [3.8, 4) is 5.82 Å². The highest BCUT2D eigenvalue weighted by atomic mass is 19.2. The number of hydrogen-bond donors (Lipinski definition) is 0. The highest BCUT2D eigenvalue weighted by molar-refractivity contribution is 5.70. The molecule has 0 bridgehead atoms. The second-order valence-corrected chi connectivity index (χ2v) is 5.70. The van der Waals surface area contributed by atoms with Crippen molar-refractivity contribution in [2.45, 2.75) is 13.0 Å². The number of methoxy groups -OCH3 is 1. The molecule has 9 heteroatoms. The molecule has 0 fully saturated rings. The zero-order valence-corrected chi connectivity index (χ0v) is 14.5.